The molecule has 0 fully saturated rings. The summed E-state index contributed by atoms with van der Waals surface area (Å²) < 4.78 is 36.1. The van der Waals surface area contributed by atoms with Gasteiger partial charge >= 0.3 is 58.4 Å². The van der Waals surface area contributed by atoms with Crippen molar-refractivity contribution in [3.05, 3.63) is 33.8 Å². The predicted octanol–water partition coefficient (Wildman–Crippen LogP) is 0.927. The molecule has 0 unspecified atom stereocenters. The van der Waals surface area contributed by atoms with Crippen LogP contribution >= 0.6 is 23.2 Å². The first-order valence-corrected chi connectivity index (χ1v) is 4.29. The molecule has 7 heteroatoms. The molecule has 0 aliphatic heterocycles. The molecule has 1 aromatic rings. The Labute approximate surface area is 133 Å². The first-order valence-electron chi connectivity index (χ1n) is 3.54. The maximum absolute atomic E-state index is 12.0. The summed E-state index contributed by atoms with van der Waals surface area (Å²) in [5.41, 5.74) is -0.0432. The molecule has 14 heavy (non-hydrogen) atoms. The molecule has 0 N–H and O–H groups in total. The molecule has 1 rings (SSSR count). The zero-order valence-electron chi connectivity index (χ0n) is 7.41. The van der Waals surface area contributed by atoms with Crippen molar-refractivity contribution in [3.8, 4) is 0 Å². The Morgan fingerprint density at radius 2 is 1.50 bits per heavy atom. The SMILES string of the molecule is F[B-](F)(F)Cc1c(Cl)cccc1Cl.[K+]. The van der Waals surface area contributed by atoms with E-state index < -0.39 is 13.3 Å². The average molecular weight is 267 g/mol. The van der Waals surface area contributed by atoms with Gasteiger partial charge in [-0.1, -0.05) is 35.6 Å². The van der Waals surface area contributed by atoms with Crippen molar-refractivity contribution in [2.45, 2.75) is 6.32 Å². The van der Waals surface area contributed by atoms with E-state index >= 15 is 0 Å². The minimum absolute atomic E-state index is 0. The summed E-state index contributed by atoms with van der Waals surface area (Å²) in [5.74, 6) is 0. The molecule has 0 aliphatic carbocycles. The molecule has 0 aliphatic rings. The van der Waals surface area contributed by atoms with E-state index in [-0.39, 0.29) is 67.0 Å². The molecule has 0 radical (unpaired) electrons. The molecule has 0 bridgehead atoms. The van der Waals surface area contributed by atoms with Crippen LogP contribution in [0.5, 0.6) is 0 Å². The predicted molar refractivity (Wildman–Crippen MR) is 49.2 cm³/mol. The van der Waals surface area contributed by atoms with Crippen molar-refractivity contribution in [1.82, 2.24) is 0 Å². The van der Waals surface area contributed by atoms with Crippen LogP contribution in [0.4, 0.5) is 12.9 Å². The van der Waals surface area contributed by atoms with Crippen molar-refractivity contribution in [2.75, 3.05) is 0 Å². The molecule has 0 spiro atoms. The number of hydrogen-bond donors (Lipinski definition) is 0. The maximum atomic E-state index is 12.0. The Kier molecular flexibility index (Phi) is 6.70. The molecule has 0 nitrogen and oxygen atoms in total. The maximum Gasteiger partial charge on any atom is 1.00 e. The van der Waals surface area contributed by atoms with E-state index in [2.05, 4.69) is 0 Å². The Balaban J connectivity index is 0.00000169. The summed E-state index contributed by atoms with van der Waals surface area (Å²) >= 11 is 11.1. The second-order valence-corrected chi connectivity index (χ2v) is 3.43. The van der Waals surface area contributed by atoms with E-state index in [1.807, 2.05) is 0 Å². The van der Waals surface area contributed by atoms with Gasteiger partial charge in [0.15, 0.2) is 0 Å². The van der Waals surface area contributed by atoms with Gasteiger partial charge in [-0.25, -0.2) is 0 Å². The molecule has 0 atom stereocenters. The molecule has 0 amide bonds. The summed E-state index contributed by atoms with van der Waals surface area (Å²) in [6.45, 7) is -4.89. The van der Waals surface area contributed by atoms with E-state index in [0.717, 1.165) is 0 Å². The van der Waals surface area contributed by atoms with Gasteiger partial charge in [0.25, 0.3) is 0 Å². The van der Waals surface area contributed by atoms with Crippen LogP contribution in [0, 0.1) is 0 Å². The quantitative estimate of drug-likeness (QED) is 0.699. The topological polar surface area (TPSA) is 0 Å². The van der Waals surface area contributed by atoms with Gasteiger partial charge in [0.1, 0.15) is 0 Å². The summed E-state index contributed by atoms with van der Waals surface area (Å²) in [6, 6.07) is 4.30. The van der Waals surface area contributed by atoms with Gasteiger partial charge in [-0.3, -0.25) is 0 Å². The summed E-state index contributed by atoms with van der Waals surface area (Å²) in [4.78, 5) is 0. The van der Waals surface area contributed by atoms with Crippen LogP contribution in [0.15, 0.2) is 18.2 Å². The summed E-state index contributed by atoms with van der Waals surface area (Å²) in [6.07, 6.45) is -1.03. The molecular weight excluding hydrogens is 262 g/mol. The number of benzene rings is 1. The average Bonchev–Trinajstić information content (AvgIpc) is 1.95. The number of rotatable bonds is 2. The Morgan fingerprint density at radius 3 is 1.86 bits per heavy atom. The van der Waals surface area contributed by atoms with Crippen molar-refractivity contribution >= 4 is 30.2 Å². The fourth-order valence-corrected chi connectivity index (χ4v) is 1.51. The van der Waals surface area contributed by atoms with Gasteiger partial charge in [-0.15, -0.1) is 0 Å². The van der Waals surface area contributed by atoms with Crippen LogP contribution in [0.2, 0.25) is 10.0 Å². The molecule has 0 heterocycles. The first kappa shape index (κ1) is 15.3. The third kappa shape index (κ3) is 4.88. The van der Waals surface area contributed by atoms with Crippen LogP contribution in [0.3, 0.4) is 0 Å². The van der Waals surface area contributed by atoms with Crippen LogP contribution in [-0.2, 0) is 6.32 Å². The molecule has 0 saturated heterocycles. The van der Waals surface area contributed by atoms with Gasteiger partial charge < -0.3 is 12.9 Å². The Bertz CT molecular complexity index is 296. The van der Waals surface area contributed by atoms with Crippen LogP contribution in [0.25, 0.3) is 0 Å². The Morgan fingerprint density at radius 1 is 1.07 bits per heavy atom. The number of hydrogen-bond acceptors (Lipinski definition) is 0. The van der Waals surface area contributed by atoms with Crippen molar-refractivity contribution < 1.29 is 64.3 Å². The third-order valence-electron chi connectivity index (χ3n) is 1.50. The fourth-order valence-electron chi connectivity index (χ4n) is 0.959. The second-order valence-electron chi connectivity index (χ2n) is 2.61. The van der Waals surface area contributed by atoms with Crippen LogP contribution in [0.1, 0.15) is 5.56 Å². The Hall–Kier alpha value is 1.29. The molecular formula is C7H5BCl2F3K. The van der Waals surface area contributed by atoms with Gasteiger partial charge in [0, 0.05) is 10.0 Å². The van der Waals surface area contributed by atoms with Crippen LogP contribution < -0.4 is 51.4 Å². The van der Waals surface area contributed by atoms with E-state index in [1.165, 1.54) is 18.2 Å². The monoisotopic (exact) mass is 266 g/mol. The van der Waals surface area contributed by atoms with Crippen LogP contribution in [-0.4, -0.2) is 6.98 Å². The second kappa shape index (κ2) is 6.13. The number of halogens is 5. The van der Waals surface area contributed by atoms with Gasteiger partial charge in [0.05, 0.1) is 0 Å². The first-order chi connectivity index (χ1) is 5.90. The zero-order valence-corrected chi connectivity index (χ0v) is 12.0. The van der Waals surface area contributed by atoms with Gasteiger partial charge in [-0.05, 0) is 17.7 Å². The van der Waals surface area contributed by atoms with E-state index in [9.17, 15) is 12.9 Å². The fraction of sp³-hybridized carbons (Fsp3) is 0.143. The van der Waals surface area contributed by atoms with E-state index in [1.54, 1.807) is 0 Å². The normalized spacial score (nSPS) is 10.9. The smallest absolute Gasteiger partial charge is 0.449 e. The van der Waals surface area contributed by atoms with Gasteiger partial charge in [-0.2, -0.15) is 0 Å². The molecule has 72 valence electrons. The minimum Gasteiger partial charge on any atom is -0.449 e. The summed E-state index contributed by atoms with van der Waals surface area (Å²) in [7, 11) is 0. The minimum atomic E-state index is -4.89. The van der Waals surface area contributed by atoms with E-state index in [4.69, 9.17) is 23.2 Å². The van der Waals surface area contributed by atoms with Gasteiger partial charge in [0.2, 0.25) is 0 Å². The largest absolute Gasteiger partial charge is 1.00 e. The van der Waals surface area contributed by atoms with Crippen molar-refractivity contribution in [1.29, 1.82) is 0 Å². The standard InChI is InChI=1S/C7H5BCl2F3.K/c9-6-2-1-3-7(10)5(6)4-8(11,12)13;/h1-3H,4H2;/q-1;+1. The summed E-state index contributed by atoms with van der Waals surface area (Å²) in [5, 5.41) is 0.124. The van der Waals surface area contributed by atoms with Crippen molar-refractivity contribution in [3.63, 3.8) is 0 Å². The van der Waals surface area contributed by atoms with E-state index in [0.29, 0.717) is 0 Å². The molecule has 1 aromatic carbocycles. The molecule has 0 saturated carbocycles. The zero-order chi connectivity index (χ0) is 10.1. The van der Waals surface area contributed by atoms with Crippen molar-refractivity contribution in [2.24, 2.45) is 0 Å². The molecule has 0 aromatic heterocycles. The third-order valence-corrected chi connectivity index (χ3v) is 2.21.